The predicted octanol–water partition coefficient (Wildman–Crippen LogP) is 10.2. The third-order valence-corrected chi connectivity index (χ3v) is 10.8. The van der Waals surface area contributed by atoms with Crippen molar-refractivity contribution in [2.45, 2.75) is 11.2 Å². The number of phenolic OH excluding ortho intramolecular Hbond substituents is 1. The molecule has 1 N–H and O–H groups in total. The van der Waals surface area contributed by atoms with Gasteiger partial charge in [-0.3, -0.25) is 9.59 Å². The summed E-state index contributed by atoms with van der Waals surface area (Å²) in [5, 5.41) is 11.8. The molecule has 266 valence electrons. The molecule has 5 heteroatoms. The standard InChI is InChI=1S/C25H18O3.C25H18O2/c26-22-13-11-19-20-15-16-25(17-7-3-1-4-8-17,18-9-5-2-6-10-18)28-23(20)14-12-21(19)24(22)27;26-21-12-13-22-18(17-21)11-14-24-23(22)15-16-25(27-24,19-7-3-1-4-8-19)20-9-5-2-6-10-20/h1-16,19,21H;1-17,26H. The molecule has 0 aromatic heterocycles. The van der Waals surface area contributed by atoms with E-state index in [-0.39, 0.29) is 17.5 Å². The number of ketones is 2. The zero-order chi connectivity index (χ0) is 37.4. The molecule has 0 spiro atoms. The molecule has 2 heterocycles. The number of rotatable bonds is 4. The van der Waals surface area contributed by atoms with Crippen LogP contribution in [0.4, 0.5) is 0 Å². The highest BCUT2D eigenvalue weighted by Gasteiger charge is 2.43. The Balaban J connectivity index is 0.000000144. The van der Waals surface area contributed by atoms with Crippen LogP contribution in [0.1, 0.15) is 27.8 Å². The second-order valence-corrected chi connectivity index (χ2v) is 14.0. The lowest BCUT2D eigenvalue weighted by atomic mass is 9.73. The minimum Gasteiger partial charge on any atom is -0.508 e. The first kappa shape index (κ1) is 33.8. The summed E-state index contributed by atoms with van der Waals surface area (Å²) in [6.45, 7) is 0. The molecule has 0 amide bonds. The van der Waals surface area contributed by atoms with Gasteiger partial charge < -0.3 is 14.6 Å². The van der Waals surface area contributed by atoms with Crippen molar-refractivity contribution in [1.29, 1.82) is 0 Å². The maximum Gasteiger partial charge on any atom is 0.221 e. The number of ether oxygens (including phenoxy) is 2. The molecule has 5 nitrogen and oxygen atoms in total. The van der Waals surface area contributed by atoms with Gasteiger partial charge in [0.25, 0.3) is 0 Å². The van der Waals surface area contributed by atoms with E-state index in [9.17, 15) is 14.7 Å². The summed E-state index contributed by atoms with van der Waals surface area (Å²) in [4.78, 5) is 24.0. The number of fused-ring (bicyclic) bond motifs is 5. The van der Waals surface area contributed by atoms with Gasteiger partial charge in [-0.25, -0.2) is 0 Å². The SMILES string of the molecule is O=C1C=CC2C3=C(C=CC2C1=O)OC(c1ccccc1)(c1ccccc1)C=C3.Oc1ccc2c3c(ccc2c1)OC(c1ccccc1)(c1ccccc1)C=C3. The summed E-state index contributed by atoms with van der Waals surface area (Å²) in [6.07, 6.45) is 15.2. The molecule has 10 rings (SSSR count). The highest BCUT2D eigenvalue weighted by molar-refractivity contribution is 6.43. The van der Waals surface area contributed by atoms with E-state index >= 15 is 0 Å². The first-order valence-corrected chi connectivity index (χ1v) is 18.4. The van der Waals surface area contributed by atoms with Crippen molar-refractivity contribution in [3.8, 4) is 11.5 Å². The van der Waals surface area contributed by atoms with Crippen LogP contribution in [-0.4, -0.2) is 16.7 Å². The second-order valence-electron chi connectivity index (χ2n) is 14.0. The van der Waals surface area contributed by atoms with Gasteiger partial charge in [-0.1, -0.05) is 146 Å². The Morgan fingerprint density at radius 1 is 0.509 bits per heavy atom. The van der Waals surface area contributed by atoms with Crippen molar-refractivity contribution in [2.75, 3.05) is 0 Å². The fourth-order valence-electron chi connectivity index (χ4n) is 8.06. The molecule has 2 atom stereocenters. The van der Waals surface area contributed by atoms with E-state index in [0.29, 0.717) is 0 Å². The molecule has 0 saturated carbocycles. The van der Waals surface area contributed by atoms with Gasteiger partial charge in [-0.2, -0.15) is 0 Å². The summed E-state index contributed by atoms with van der Waals surface area (Å²) in [6, 6.07) is 50.2. The first-order valence-electron chi connectivity index (χ1n) is 18.4. The molecule has 55 heavy (non-hydrogen) atoms. The highest BCUT2D eigenvalue weighted by Crippen LogP contribution is 2.47. The number of aromatic hydroxyl groups is 1. The van der Waals surface area contributed by atoms with Gasteiger partial charge in [-0.05, 0) is 65.4 Å². The quantitative estimate of drug-likeness (QED) is 0.184. The second kappa shape index (κ2) is 13.8. The zero-order valence-corrected chi connectivity index (χ0v) is 29.8. The van der Waals surface area contributed by atoms with Gasteiger partial charge in [0.15, 0.2) is 11.2 Å². The molecule has 0 bridgehead atoms. The molecular weight excluding hydrogens is 681 g/mol. The van der Waals surface area contributed by atoms with E-state index in [1.54, 1.807) is 18.2 Å². The van der Waals surface area contributed by atoms with Crippen LogP contribution in [-0.2, 0) is 25.5 Å². The van der Waals surface area contributed by atoms with Crippen LogP contribution in [0.15, 0.2) is 206 Å². The van der Waals surface area contributed by atoms with Crippen LogP contribution in [0.25, 0.3) is 16.8 Å². The molecule has 0 radical (unpaired) electrons. The lowest BCUT2D eigenvalue weighted by Crippen LogP contribution is -2.37. The summed E-state index contributed by atoms with van der Waals surface area (Å²) in [7, 11) is 0. The summed E-state index contributed by atoms with van der Waals surface area (Å²) >= 11 is 0. The van der Waals surface area contributed by atoms with Crippen molar-refractivity contribution < 1.29 is 24.2 Å². The maximum absolute atomic E-state index is 12.3. The molecule has 2 aliphatic carbocycles. The lowest BCUT2D eigenvalue weighted by molar-refractivity contribution is -0.136. The van der Waals surface area contributed by atoms with Crippen molar-refractivity contribution in [1.82, 2.24) is 0 Å². The molecule has 6 aromatic carbocycles. The Labute approximate surface area is 319 Å². The largest absolute Gasteiger partial charge is 0.508 e. The molecule has 2 unspecified atom stereocenters. The highest BCUT2D eigenvalue weighted by atomic mass is 16.5. The van der Waals surface area contributed by atoms with Gasteiger partial charge >= 0.3 is 0 Å². The molecule has 4 aliphatic rings. The van der Waals surface area contributed by atoms with Gasteiger partial charge in [0, 0.05) is 39.3 Å². The third-order valence-electron chi connectivity index (χ3n) is 10.8. The van der Waals surface area contributed by atoms with E-state index in [2.05, 4.69) is 66.8 Å². The normalized spacial score (nSPS) is 19.6. The van der Waals surface area contributed by atoms with E-state index in [1.165, 1.54) is 6.08 Å². The number of Topliss-reactive ketones (excluding diaryl/α,β-unsaturated/α-hetero) is 1. The fourth-order valence-corrected chi connectivity index (χ4v) is 8.06. The smallest absolute Gasteiger partial charge is 0.221 e. The number of benzene rings is 6. The Morgan fingerprint density at radius 3 is 1.62 bits per heavy atom. The van der Waals surface area contributed by atoms with Crippen LogP contribution in [0, 0.1) is 11.8 Å². The van der Waals surface area contributed by atoms with E-state index in [1.807, 2.05) is 109 Å². The molecule has 0 fully saturated rings. The minimum absolute atomic E-state index is 0.161. The van der Waals surface area contributed by atoms with Gasteiger partial charge in [0.1, 0.15) is 17.3 Å². The molecular formula is C50H36O5. The lowest BCUT2D eigenvalue weighted by Gasteiger charge is -2.40. The van der Waals surface area contributed by atoms with Crippen LogP contribution in [0.2, 0.25) is 0 Å². The number of allylic oxidation sites excluding steroid dienone is 6. The van der Waals surface area contributed by atoms with Crippen LogP contribution < -0.4 is 4.74 Å². The maximum atomic E-state index is 12.3. The minimum atomic E-state index is -0.739. The Hall–Kier alpha value is -6.98. The summed E-state index contributed by atoms with van der Waals surface area (Å²) < 4.78 is 13.3. The van der Waals surface area contributed by atoms with Crippen molar-refractivity contribution >= 4 is 28.4 Å². The number of hydrogen-bond acceptors (Lipinski definition) is 5. The Bertz CT molecular complexity index is 2500. The van der Waals surface area contributed by atoms with E-state index in [0.717, 1.165) is 55.7 Å². The van der Waals surface area contributed by atoms with Crippen molar-refractivity contribution in [3.05, 3.63) is 233 Å². The molecule has 6 aromatic rings. The topological polar surface area (TPSA) is 72.8 Å². The van der Waals surface area contributed by atoms with Gasteiger partial charge in [0.05, 0.1) is 5.92 Å². The molecule has 2 aliphatic heterocycles. The summed E-state index contributed by atoms with van der Waals surface area (Å²) in [5.74, 6) is 0.458. The Morgan fingerprint density at radius 2 is 1.04 bits per heavy atom. The van der Waals surface area contributed by atoms with Crippen LogP contribution in [0.3, 0.4) is 0 Å². The first-order chi connectivity index (χ1) is 26.9. The van der Waals surface area contributed by atoms with E-state index < -0.39 is 22.9 Å². The zero-order valence-electron chi connectivity index (χ0n) is 29.8. The third kappa shape index (κ3) is 5.91. The van der Waals surface area contributed by atoms with E-state index in [4.69, 9.17) is 9.47 Å². The van der Waals surface area contributed by atoms with Crippen LogP contribution >= 0.6 is 0 Å². The van der Waals surface area contributed by atoms with Crippen molar-refractivity contribution in [2.24, 2.45) is 11.8 Å². The number of phenols is 1. The Kier molecular flexibility index (Phi) is 8.47. The van der Waals surface area contributed by atoms with Gasteiger partial charge in [0.2, 0.25) is 11.6 Å². The average Bonchev–Trinajstić information content (AvgIpc) is 3.25. The predicted molar refractivity (Wildman–Crippen MR) is 215 cm³/mol. The summed E-state index contributed by atoms with van der Waals surface area (Å²) in [5.41, 5.74) is 4.81. The fraction of sp³-hybridized carbons (Fsp3) is 0.0800. The molecule has 0 saturated heterocycles. The average molecular weight is 717 g/mol. The van der Waals surface area contributed by atoms with Crippen LogP contribution in [0.5, 0.6) is 11.5 Å². The number of carbonyl (C=O) groups excluding carboxylic acids is 2. The number of carbonyl (C=O) groups is 2. The van der Waals surface area contributed by atoms with Gasteiger partial charge in [-0.15, -0.1) is 0 Å². The van der Waals surface area contributed by atoms with Crippen molar-refractivity contribution in [3.63, 3.8) is 0 Å². The number of hydrogen-bond donors (Lipinski definition) is 1. The monoisotopic (exact) mass is 716 g/mol.